The lowest BCUT2D eigenvalue weighted by molar-refractivity contribution is 0.476. The van der Waals surface area contributed by atoms with Gasteiger partial charge in [-0.05, 0) is 59.2 Å². The van der Waals surface area contributed by atoms with E-state index in [1.165, 1.54) is 0 Å². The molecule has 3 heterocycles. The van der Waals surface area contributed by atoms with E-state index in [0.717, 1.165) is 44.5 Å². The fourth-order valence-electron chi connectivity index (χ4n) is 4.48. The third kappa shape index (κ3) is 3.73. The standard InChI is InChI=1S/C30H22N4O/c1-34-27-19-31-18-25(29(27)33-30(34)24-11-5-6-13-28(24)35)22-15-21(20-9-3-2-4-10-20)16-23(17-22)26-12-7-8-14-32-26/h2-19,35H,1H3. The van der Waals surface area contributed by atoms with Crippen LogP contribution in [0.5, 0.6) is 5.75 Å². The Morgan fingerprint density at radius 2 is 1.43 bits per heavy atom. The second kappa shape index (κ2) is 8.54. The molecule has 0 fully saturated rings. The topological polar surface area (TPSA) is 63.8 Å². The second-order valence-corrected chi connectivity index (χ2v) is 8.45. The van der Waals surface area contributed by atoms with E-state index in [1.807, 2.05) is 84.8 Å². The van der Waals surface area contributed by atoms with E-state index in [0.29, 0.717) is 11.4 Å². The molecule has 0 aliphatic carbocycles. The zero-order valence-corrected chi connectivity index (χ0v) is 19.1. The molecule has 0 saturated carbocycles. The SMILES string of the molecule is Cn1c(-c2ccccc2O)nc2c(-c3cc(-c4ccccc4)cc(-c4ccccn4)c3)cncc21. The summed E-state index contributed by atoms with van der Waals surface area (Å²) >= 11 is 0. The van der Waals surface area contributed by atoms with Gasteiger partial charge in [0.2, 0.25) is 0 Å². The summed E-state index contributed by atoms with van der Waals surface area (Å²) in [7, 11) is 1.95. The van der Waals surface area contributed by atoms with E-state index < -0.39 is 0 Å². The number of rotatable bonds is 4. The van der Waals surface area contributed by atoms with Crippen LogP contribution < -0.4 is 0 Å². The minimum absolute atomic E-state index is 0.198. The van der Waals surface area contributed by atoms with Crippen LogP contribution in [0, 0.1) is 0 Å². The molecule has 0 aliphatic heterocycles. The molecule has 6 rings (SSSR count). The summed E-state index contributed by atoms with van der Waals surface area (Å²) in [5.41, 5.74) is 8.49. The van der Waals surface area contributed by atoms with Crippen molar-refractivity contribution in [3.05, 3.63) is 110 Å². The number of hydrogen-bond acceptors (Lipinski definition) is 4. The highest BCUT2D eigenvalue weighted by atomic mass is 16.3. The third-order valence-corrected chi connectivity index (χ3v) is 6.25. The average molecular weight is 455 g/mol. The number of aromatic nitrogens is 4. The van der Waals surface area contributed by atoms with Gasteiger partial charge in [-0.25, -0.2) is 4.98 Å². The predicted molar refractivity (Wildman–Crippen MR) is 140 cm³/mol. The smallest absolute Gasteiger partial charge is 0.144 e. The normalized spacial score (nSPS) is 11.1. The minimum atomic E-state index is 0.198. The maximum Gasteiger partial charge on any atom is 0.144 e. The molecule has 0 amide bonds. The van der Waals surface area contributed by atoms with Crippen molar-refractivity contribution in [2.24, 2.45) is 7.05 Å². The van der Waals surface area contributed by atoms with Gasteiger partial charge in [0.15, 0.2) is 0 Å². The molecule has 0 atom stereocenters. The van der Waals surface area contributed by atoms with E-state index in [9.17, 15) is 5.11 Å². The number of para-hydroxylation sites is 1. The van der Waals surface area contributed by atoms with Gasteiger partial charge in [0.1, 0.15) is 17.1 Å². The summed E-state index contributed by atoms with van der Waals surface area (Å²) < 4.78 is 1.97. The Hall–Kier alpha value is -4.77. The zero-order valence-electron chi connectivity index (χ0n) is 19.1. The quantitative estimate of drug-likeness (QED) is 0.320. The molecule has 1 N–H and O–H groups in total. The Balaban J connectivity index is 1.59. The maximum atomic E-state index is 10.4. The highest BCUT2D eigenvalue weighted by molar-refractivity contribution is 5.95. The van der Waals surface area contributed by atoms with Gasteiger partial charge in [-0.1, -0.05) is 48.5 Å². The fraction of sp³-hybridized carbons (Fsp3) is 0.0333. The van der Waals surface area contributed by atoms with Crippen LogP contribution >= 0.6 is 0 Å². The first-order valence-electron chi connectivity index (χ1n) is 11.4. The van der Waals surface area contributed by atoms with E-state index in [2.05, 4.69) is 40.3 Å². The molecular formula is C30H22N4O. The summed E-state index contributed by atoms with van der Waals surface area (Å²) in [5, 5.41) is 10.4. The van der Waals surface area contributed by atoms with E-state index in [-0.39, 0.29) is 5.75 Å². The lowest BCUT2D eigenvalue weighted by atomic mass is 9.95. The Labute approximate surface area is 203 Å². The predicted octanol–water partition coefficient (Wildman–Crippen LogP) is 6.74. The highest BCUT2D eigenvalue weighted by Gasteiger charge is 2.17. The van der Waals surface area contributed by atoms with E-state index in [1.54, 1.807) is 6.07 Å². The van der Waals surface area contributed by atoms with Gasteiger partial charge in [-0.3, -0.25) is 9.97 Å². The number of hydrogen-bond donors (Lipinski definition) is 1. The van der Waals surface area contributed by atoms with Crippen molar-refractivity contribution in [3.63, 3.8) is 0 Å². The molecular weight excluding hydrogens is 432 g/mol. The van der Waals surface area contributed by atoms with Crippen molar-refractivity contribution in [3.8, 4) is 50.6 Å². The monoisotopic (exact) mass is 454 g/mol. The van der Waals surface area contributed by atoms with Crippen LogP contribution in [0.3, 0.4) is 0 Å². The van der Waals surface area contributed by atoms with Crippen molar-refractivity contribution in [2.75, 3.05) is 0 Å². The first kappa shape index (κ1) is 20.8. The first-order valence-corrected chi connectivity index (χ1v) is 11.4. The fourth-order valence-corrected chi connectivity index (χ4v) is 4.48. The van der Waals surface area contributed by atoms with Gasteiger partial charge in [-0.2, -0.15) is 0 Å². The van der Waals surface area contributed by atoms with Gasteiger partial charge in [0.25, 0.3) is 0 Å². The molecule has 6 aromatic rings. The van der Waals surface area contributed by atoms with Crippen LogP contribution in [0.2, 0.25) is 0 Å². The minimum Gasteiger partial charge on any atom is -0.507 e. The Morgan fingerprint density at radius 3 is 2.23 bits per heavy atom. The summed E-state index contributed by atoms with van der Waals surface area (Å²) in [6.07, 6.45) is 5.48. The van der Waals surface area contributed by atoms with Gasteiger partial charge in [0.05, 0.1) is 23.0 Å². The summed E-state index contributed by atoms with van der Waals surface area (Å²) in [6, 6.07) is 30.0. The molecule has 35 heavy (non-hydrogen) atoms. The molecule has 3 aromatic heterocycles. The van der Waals surface area contributed by atoms with Crippen LogP contribution in [0.4, 0.5) is 0 Å². The van der Waals surface area contributed by atoms with Crippen molar-refractivity contribution < 1.29 is 5.11 Å². The highest BCUT2D eigenvalue weighted by Crippen LogP contribution is 2.37. The lowest BCUT2D eigenvalue weighted by Gasteiger charge is -2.11. The molecule has 5 nitrogen and oxygen atoms in total. The molecule has 3 aromatic carbocycles. The Bertz CT molecular complexity index is 1600. The summed E-state index contributed by atoms with van der Waals surface area (Å²) in [5.74, 6) is 0.889. The van der Waals surface area contributed by atoms with Crippen LogP contribution in [0.25, 0.3) is 55.9 Å². The van der Waals surface area contributed by atoms with Gasteiger partial charge >= 0.3 is 0 Å². The number of fused-ring (bicyclic) bond motifs is 1. The molecule has 168 valence electrons. The summed E-state index contributed by atoms with van der Waals surface area (Å²) in [4.78, 5) is 14.1. The largest absolute Gasteiger partial charge is 0.507 e. The van der Waals surface area contributed by atoms with E-state index >= 15 is 0 Å². The Kier molecular flexibility index (Phi) is 5.08. The lowest BCUT2D eigenvalue weighted by Crippen LogP contribution is -1.93. The number of phenolic OH excluding ortho intramolecular Hbond substituents is 1. The second-order valence-electron chi connectivity index (χ2n) is 8.45. The number of benzene rings is 3. The van der Waals surface area contributed by atoms with Gasteiger partial charge in [-0.15, -0.1) is 0 Å². The first-order chi connectivity index (χ1) is 17.2. The average Bonchev–Trinajstić information content (AvgIpc) is 3.26. The van der Waals surface area contributed by atoms with Crippen LogP contribution in [0.1, 0.15) is 0 Å². The van der Waals surface area contributed by atoms with Crippen molar-refractivity contribution in [1.29, 1.82) is 0 Å². The maximum absolute atomic E-state index is 10.4. The van der Waals surface area contributed by atoms with Gasteiger partial charge in [0, 0.05) is 30.6 Å². The molecule has 0 spiro atoms. The zero-order chi connectivity index (χ0) is 23.8. The number of aryl methyl sites for hydroxylation is 1. The molecule has 0 unspecified atom stereocenters. The van der Waals surface area contributed by atoms with Crippen LogP contribution in [0.15, 0.2) is 110 Å². The summed E-state index contributed by atoms with van der Waals surface area (Å²) in [6.45, 7) is 0. The number of nitrogens with zero attached hydrogens (tertiary/aromatic N) is 4. The number of aromatic hydroxyl groups is 1. The molecule has 5 heteroatoms. The number of imidazole rings is 1. The molecule has 0 saturated heterocycles. The Morgan fingerprint density at radius 1 is 0.686 bits per heavy atom. The van der Waals surface area contributed by atoms with Crippen molar-refractivity contribution >= 4 is 11.0 Å². The van der Waals surface area contributed by atoms with Crippen molar-refractivity contribution in [2.45, 2.75) is 0 Å². The third-order valence-electron chi connectivity index (χ3n) is 6.25. The van der Waals surface area contributed by atoms with E-state index in [4.69, 9.17) is 4.98 Å². The van der Waals surface area contributed by atoms with Crippen LogP contribution in [-0.4, -0.2) is 24.6 Å². The molecule has 0 radical (unpaired) electrons. The van der Waals surface area contributed by atoms with Crippen LogP contribution in [-0.2, 0) is 7.05 Å². The van der Waals surface area contributed by atoms with Crippen molar-refractivity contribution in [1.82, 2.24) is 19.5 Å². The number of pyridine rings is 2. The van der Waals surface area contributed by atoms with Gasteiger partial charge < -0.3 is 9.67 Å². The molecule has 0 bridgehead atoms. The molecule has 0 aliphatic rings. The number of phenols is 1.